The molecule has 0 aliphatic carbocycles. The first-order valence-corrected chi connectivity index (χ1v) is 5.83. The lowest BCUT2D eigenvalue weighted by Crippen LogP contribution is -2.56. The van der Waals surface area contributed by atoms with Crippen LogP contribution in [0, 0.1) is 5.92 Å². The van der Waals surface area contributed by atoms with Gasteiger partial charge in [-0.3, -0.25) is 4.79 Å². The molecule has 1 aliphatic rings. The molecule has 18 heavy (non-hydrogen) atoms. The number of nitrogens with two attached hydrogens (primary N) is 1. The summed E-state index contributed by atoms with van der Waals surface area (Å²) in [5, 5.41) is 0. The van der Waals surface area contributed by atoms with Crippen LogP contribution in [0.25, 0.3) is 0 Å². The third-order valence-electron chi connectivity index (χ3n) is 3.25. The van der Waals surface area contributed by atoms with E-state index < -0.39 is 23.6 Å². The van der Waals surface area contributed by atoms with Gasteiger partial charge in [-0.25, -0.2) is 0 Å². The summed E-state index contributed by atoms with van der Waals surface area (Å²) in [7, 11) is 1.24. The second-order valence-corrected chi connectivity index (χ2v) is 5.00. The van der Waals surface area contributed by atoms with E-state index in [9.17, 15) is 18.0 Å². The minimum absolute atomic E-state index is 0.0563. The van der Waals surface area contributed by atoms with Crippen LogP contribution in [0.2, 0.25) is 0 Å². The summed E-state index contributed by atoms with van der Waals surface area (Å²) in [6.45, 7) is 2.33. The van der Waals surface area contributed by atoms with Crippen molar-refractivity contribution in [2.24, 2.45) is 11.7 Å². The number of esters is 1. The second kappa shape index (κ2) is 5.44. The van der Waals surface area contributed by atoms with Crippen molar-refractivity contribution in [3.63, 3.8) is 0 Å². The Kier molecular flexibility index (Phi) is 4.61. The van der Waals surface area contributed by atoms with Crippen molar-refractivity contribution in [2.45, 2.75) is 31.5 Å². The molecule has 106 valence electrons. The van der Waals surface area contributed by atoms with Gasteiger partial charge in [-0.15, -0.1) is 0 Å². The molecule has 0 saturated carbocycles. The molecule has 0 radical (unpaired) electrons. The van der Waals surface area contributed by atoms with Gasteiger partial charge in [0.05, 0.1) is 13.0 Å². The number of carbonyl (C=O) groups excluding carboxylic acids is 1. The van der Waals surface area contributed by atoms with Crippen LogP contribution in [-0.2, 0) is 9.53 Å². The van der Waals surface area contributed by atoms with Crippen LogP contribution in [0.5, 0.6) is 0 Å². The largest absolute Gasteiger partial charge is 0.468 e. The fourth-order valence-corrected chi connectivity index (χ4v) is 2.18. The molecule has 0 spiro atoms. The number of alkyl halides is 3. The third kappa shape index (κ3) is 3.84. The number of halogens is 3. The van der Waals surface area contributed by atoms with Gasteiger partial charge in [0, 0.05) is 6.54 Å². The Hall–Kier alpha value is -0.820. The van der Waals surface area contributed by atoms with Crippen molar-refractivity contribution in [2.75, 3.05) is 26.7 Å². The van der Waals surface area contributed by atoms with Crippen LogP contribution < -0.4 is 5.73 Å². The Bertz CT molecular complexity index is 297. The maximum Gasteiger partial charge on any atom is 0.391 e. The summed E-state index contributed by atoms with van der Waals surface area (Å²) in [5.74, 6) is -1.80. The molecular formula is C11H19F3N2O2. The van der Waals surface area contributed by atoms with Gasteiger partial charge in [0.25, 0.3) is 0 Å². The molecule has 4 nitrogen and oxygen atoms in total. The quantitative estimate of drug-likeness (QED) is 0.780. The van der Waals surface area contributed by atoms with E-state index in [0.29, 0.717) is 13.1 Å². The first-order chi connectivity index (χ1) is 8.16. The number of ether oxygens (including phenoxy) is 1. The smallest absolute Gasteiger partial charge is 0.391 e. The van der Waals surface area contributed by atoms with E-state index in [1.807, 2.05) is 0 Å². The van der Waals surface area contributed by atoms with E-state index >= 15 is 0 Å². The number of hydrogen-bond donors (Lipinski definition) is 1. The van der Waals surface area contributed by atoms with E-state index in [1.54, 1.807) is 4.90 Å². The van der Waals surface area contributed by atoms with Gasteiger partial charge in [-0.2, -0.15) is 13.2 Å². The van der Waals surface area contributed by atoms with E-state index in [0.717, 1.165) is 0 Å². The third-order valence-corrected chi connectivity index (χ3v) is 3.25. The van der Waals surface area contributed by atoms with Crippen molar-refractivity contribution in [3.05, 3.63) is 0 Å². The minimum atomic E-state index is -4.12. The summed E-state index contributed by atoms with van der Waals surface area (Å²) in [4.78, 5) is 13.2. The van der Waals surface area contributed by atoms with Crippen LogP contribution in [0.4, 0.5) is 13.2 Å². The van der Waals surface area contributed by atoms with Crippen LogP contribution in [0.3, 0.4) is 0 Å². The SMILES string of the molecule is COC(=O)C(C)(N)CN1CCC(C(F)(F)F)CC1. The van der Waals surface area contributed by atoms with E-state index in [2.05, 4.69) is 4.74 Å². The zero-order valence-corrected chi connectivity index (χ0v) is 10.6. The van der Waals surface area contributed by atoms with Crippen LogP contribution in [-0.4, -0.2) is 49.3 Å². The minimum Gasteiger partial charge on any atom is -0.468 e. The summed E-state index contributed by atoms with van der Waals surface area (Å²) in [6, 6.07) is 0. The molecule has 1 aliphatic heterocycles. The lowest BCUT2D eigenvalue weighted by molar-refractivity contribution is -0.185. The molecule has 2 N–H and O–H groups in total. The number of hydrogen-bond acceptors (Lipinski definition) is 4. The van der Waals surface area contributed by atoms with Crippen LogP contribution in [0.15, 0.2) is 0 Å². The van der Waals surface area contributed by atoms with Crippen molar-refractivity contribution in [1.82, 2.24) is 4.90 Å². The Morgan fingerprint density at radius 2 is 1.89 bits per heavy atom. The van der Waals surface area contributed by atoms with Crippen LogP contribution in [0.1, 0.15) is 19.8 Å². The monoisotopic (exact) mass is 268 g/mol. The average molecular weight is 268 g/mol. The summed E-state index contributed by atoms with van der Waals surface area (Å²) >= 11 is 0. The highest BCUT2D eigenvalue weighted by Gasteiger charge is 2.42. The molecule has 1 heterocycles. The fraction of sp³-hybridized carbons (Fsp3) is 0.909. The van der Waals surface area contributed by atoms with Crippen molar-refractivity contribution in [1.29, 1.82) is 0 Å². The van der Waals surface area contributed by atoms with Gasteiger partial charge < -0.3 is 15.4 Å². The topological polar surface area (TPSA) is 55.6 Å². The molecular weight excluding hydrogens is 249 g/mol. The number of methoxy groups -OCH3 is 1. The van der Waals surface area contributed by atoms with E-state index in [1.165, 1.54) is 14.0 Å². The lowest BCUT2D eigenvalue weighted by atomic mass is 9.94. The molecule has 1 saturated heterocycles. The summed E-state index contributed by atoms with van der Waals surface area (Å²) in [6.07, 6.45) is -4.01. The van der Waals surface area contributed by atoms with Crippen LogP contribution >= 0.6 is 0 Å². The molecule has 7 heteroatoms. The average Bonchev–Trinajstić information content (AvgIpc) is 2.26. The molecule has 1 atom stereocenters. The van der Waals surface area contributed by atoms with Gasteiger partial charge in [0.1, 0.15) is 5.54 Å². The zero-order valence-electron chi connectivity index (χ0n) is 10.6. The second-order valence-electron chi connectivity index (χ2n) is 5.00. The Balaban J connectivity index is 2.47. The highest BCUT2D eigenvalue weighted by atomic mass is 19.4. The Labute approximate surface area is 104 Å². The fourth-order valence-electron chi connectivity index (χ4n) is 2.18. The van der Waals surface area contributed by atoms with Gasteiger partial charge in [-0.05, 0) is 32.9 Å². The molecule has 0 amide bonds. The van der Waals surface area contributed by atoms with Gasteiger partial charge in [0.15, 0.2) is 0 Å². The van der Waals surface area contributed by atoms with E-state index in [4.69, 9.17) is 5.73 Å². The number of nitrogens with zero attached hydrogens (tertiary/aromatic N) is 1. The number of likely N-dealkylation sites (tertiary alicyclic amines) is 1. The highest BCUT2D eigenvalue weighted by Crippen LogP contribution is 2.34. The first kappa shape index (κ1) is 15.2. The predicted molar refractivity (Wildman–Crippen MR) is 59.8 cm³/mol. The molecule has 0 bridgehead atoms. The number of carbonyl (C=O) groups is 1. The van der Waals surface area contributed by atoms with Crippen molar-refractivity contribution >= 4 is 5.97 Å². The summed E-state index contributed by atoms with van der Waals surface area (Å²) in [5.41, 5.74) is 4.60. The Morgan fingerprint density at radius 3 is 2.28 bits per heavy atom. The molecule has 0 aromatic heterocycles. The number of rotatable bonds is 3. The first-order valence-electron chi connectivity index (χ1n) is 5.83. The standard InChI is InChI=1S/C11H19F3N2O2/c1-10(15,9(17)18-2)7-16-5-3-8(4-6-16)11(12,13)14/h8H,3-7,15H2,1-2H3. The number of piperidine rings is 1. The van der Waals surface area contributed by atoms with Gasteiger partial charge in [0.2, 0.25) is 0 Å². The predicted octanol–water partition coefficient (Wildman–Crippen LogP) is 1.15. The van der Waals surface area contributed by atoms with Crippen molar-refractivity contribution in [3.8, 4) is 0 Å². The molecule has 1 fully saturated rings. The van der Waals surface area contributed by atoms with Gasteiger partial charge >= 0.3 is 12.1 Å². The molecule has 0 aromatic carbocycles. The Morgan fingerprint density at radius 1 is 1.39 bits per heavy atom. The highest BCUT2D eigenvalue weighted by molar-refractivity contribution is 5.80. The molecule has 1 unspecified atom stereocenters. The molecule has 0 aromatic rings. The summed E-state index contributed by atoms with van der Waals surface area (Å²) < 4.78 is 42.0. The normalized spacial score (nSPS) is 22.6. The lowest BCUT2D eigenvalue weighted by Gasteiger charge is -2.36. The zero-order chi connectivity index (χ0) is 14.0. The van der Waals surface area contributed by atoms with Crippen molar-refractivity contribution < 1.29 is 22.7 Å². The maximum atomic E-state index is 12.5. The maximum absolute atomic E-state index is 12.5. The van der Waals surface area contributed by atoms with Gasteiger partial charge in [-0.1, -0.05) is 0 Å². The molecule has 1 rings (SSSR count). The van der Waals surface area contributed by atoms with E-state index in [-0.39, 0.29) is 19.4 Å².